The lowest BCUT2D eigenvalue weighted by molar-refractivity contribution is 0.0769. The van der Waals surface area contributed by atoms with Crippen molar-refractivity contribution in [3.63, 3.8) is 0 Å². The first-order valence-corrected chi connectivity index (χ1v) is 9.92. The summed E-state index contributed by atoms with van der Waals surface area (Å²) in [5.41, 5.74) is 0.623. The first kappa shape index (κ1) is 16.4. The van der Waals surface area contributed by atoms with E-state index in [0.29, 0.717) is 30.6 Å². The van der Waals surface area contributed by atoms with E-state index >= 15 is 0 Å². The Morgan fingerprint density at radius 1 is 1.17 bits per heavy atom. The van der Waals surface area contributed by atoms with E-state index in [0.717, 1.165) is 32.4 Å². The van der Waals surface area contributed by atoms with E-state index in [4.69, 9.17) is 0 Å². The first-order valence-electron chi connectivity index (χ1n) is 8.07. The first-order chi connectivity index (χ1) is 10.9. The third-order valence-electron chi connectivity index (χ3n) is 5.18. The maximum Gasteiger partial charge on any atom is 0.272 e. The molecule has 0 radical (unpaired) electrons. The van der Waals surface area contributed by atoms with Crippen LogP contribution in [0.3, 0.4) is 0 Å². The number of aromatic nitrogens is 2. The molecule has 8 heteroatoms. The molecule has 1 aromatic rings. The summed E-state index contributed by atoms with van der Waals surface area (Å²) >= 11 is 0. The Kier molecular flexibility index (Phi) is 4.46. The fraction of sp³-hybridized carbons (Fsp3) is 0.733. The second kappa shape index (κ2) is 6.24. The number of sulfonamides is 1. The molecule has 0 N–H and O–H groups in total. The van der Waals surface area contributed by atoms with E-state index < -0.39 is 10.0 Å². The highest BCUT2D eigenvalue weighted by Gasteiger charge is 2.35. The normalized spacial score (nSPS) is 24.3. The summed E-state index contributed by atoms with van der Waals surface area (Å²) in [5.74, 6) is 1.03. The third-order valence-corrected chi connectivity index (χ3v) is 6.49. The summed E-state index contributed by atoms with van der Waals surface area (Å²) in [6.07, 6.45) is 7.32. The molecule has 1 unspecified atom stereocenters. The minimum Gasteiger partial charge on any atom is -0.337 e. The van der Waals surface area contributed by atoms with Crippen LogP contribution in [0.25, 0.3) is 0 Å². The maximum absolute atomic E-state index is 12.5. The van der Waals surface area contributed by atoms with E-state index in [1.807, 2.05) is 11.9 Å². The number of piperidine rings is 1. The molecule has 3 heterocycles. The predicted molar refractivity (Wildman–Crippen MR) is 86.4 cm³/mol. The van der Waals surface area contributed by atoms with Gasteiger partial charge in [-0.3, -0.25) is 4.79 Å². The Bertz CT molecular complexity index is 677. The SMILES string of the molecule is Cn1cncc1C(=O)N1CCC(C2CCN(S(C)(=O)=O)CC2)C1. The van der Waals surface area contributed by atoms with E-state index in [-0.39, 0.29) is 5.91 Å². The standard InChI is InChI=1S/C15H24N4O3S/c1-17-11-16-9-14(17)15(20)18-6-3-13(10-18)12-4-7-19(8-5-12)23(2,21)22/h9,11-13H,3-8,10H2,1-2H3. The number of aryl methyl sites for hydroxylation is 1. The Balaban J connectivity index is 1.57. The van der Waals surface area contributed by atoms with Gasteiger partial charge in [0.25, 0.3) is 5.91 Å². The molecular formula is C15H24N4O3S. The van der Waals surface area contributed by atoms with Gasteiger partial charge in [0.1, 0.15) is 5.69 Å². The highest BCUT2D eigenvalue weighted by Crippen LogP contribution is 2.32. The van der Waals surface area contributed by atoms with Crippen LogP contribution in [0, 0.1) is 11.8 Å². The Morgan fingerprint density at radius 3 is 2.39 bits per heavy atom. The zero-order chi connectivity index (χ0) is 16.6. The number of hydrogen-bond acceptors (Lipinski definition) is 4. The smallest absolute Gasteiger partial charge is 0.272 e. The van der Waals surface area contributed by atoms with Gasteiger partial charge >= 0.3 is 0 Å². The molecule has 7 nitrogen and oxygen atoms in total. The highest BCUT2D eigenvalue weighted by molar-refractivity contribution is 7.88. The topological polar surface area (TPSA) is 75.5 Å². The van der Waals surface area contributed by atoms with Crippen molar-refractivity contribution < 1.29 is 13.2 Å². The lowest BCUT2D eigenvalue weighted by Crippen LogP contribution is -2.40. The number of likely N-dealkylation sites (tertiary alicyclic amines) is 1. The molecule has 0 spiro atoms. The molecule has 1 atom stereocenters. The van der Waals surface area contributed by atoms with Crippen molar-refractivity contribution in [3.05, 3.63) is 18.2 Å². The zero-order valence-electron chi connectivity index (χ0n) is 13.7. The van der Waals surface area contributed by atoms with Gasteiger partial charge in [-0.1, -0.05) is 0 Å². The van der Waals surface area contributed by atoms with E-state index in [1.54, 1.807) is 21.4 Å². The molecule has 1 amide bonds. The fourth-order valence-electron chi connectivity index (χ4n) is 3.76. The van der Waals surface area contributed by atoms with Crippen molar-refractivity contribution in [2.24, 2.45) is 18.9 Å². The van der Waals surface area contributed by atoms with Gasteiger partial charge in [-0.05, 0) is 31.1 Å². The molecule has 2 aliphatic rings. The lowest BCUT2D eigenvalue weighted by Gasteiger charge is -2.33. The predicted octanol–water partition coefficient (Wildman–Crippen LogP) is 0.554. The summed E-state index contributed by atoms with van der Waals surface area (Å²) in [6.45, 7) is 2.76. The molecule has 0 aliphatic carbocycles. The van der Waals surface area contributed by atoms with Crippen LogP contribution in [-0.4, -0.2) is 65.5 Å². The van der Waals surface area contributed by atoms with Crippen molar-refractivity contribution in [3.8, 4) is 0 Å². The van der Waals surface area contributed by atoms with E-state index in [1.165, 1.54) is 6.26 Å². The summed E-state index contributed by atoms with van der Waals surface area (Å²) in [7, 11) is -1.24. The quantitative estimate of drug-likeness (QED) is 0.805. The monoisotopic (exact) mass is 340 g/mol. The third kappa shape index (κ3) is 3.42. The van der Waals surface area contributed by atoms with Gasteiger partial charge in [-0.15, -0.1) is 0 Å². The summed E-state index contributed by atoms with van der Waals surface area (Å²) in [4.78, 5) is 18.4. The van der Waals surface area contributed by atoms with E-state index in [9.17, 15) is 13.2 Å². The molecule has 0 bridgehead atoms. The summed E-state index contributed by atoms with van der Waals surface area (Å²) < 4.78 is 26.5. The average Bonchev–Trinajstić information content (AvgIpc) is 3.15. The molecule has 2 fully saturated rings. The molecule has 2 aliphatic heterocycles. The molecule has 3 rings (SSSR count). The molecule has 23 heavy (non-hydrogen) atoms. The van der Waals surface area contributed by atoms with Gasteiger partial charge in [0.15, 0.2) is 0 Å². The fourth-order valence-corrected chi connectivity index (χ4v) is 4.63. The van der Waals surface area contributed by atoms with Gasteiger partial charge in [0, 0.05) is 33.2 Å². The number of carbonyl (C=O) groups is 1. The number of amides is 1. The molecule has 128 valence electrons. The lowest BCUT2D eigenvalue weighted by atomic mass is 9.84. The number of carbonyl (C=O) groups excluding carboxylic acids is 1. The second-order valence-corrected chi connectivity index (χ2v) is 8.67. The Hall–Kier alpha value is -1.41. The van der Waals surface area contributed by atoms with Crippen molar-refractivity contribution in [1.29, 1.82) is 0 Å². The van der Waals surface area contributed by atoms with Crippen LogP contribution in [0.5, 0.6) is 0 Å². The van der Waals surface area contributed by atoms with Crippen LogP contribution in [0.15, 0.2) is 12.5 Å². The molecular weight excluding hydrogens is 316 g/mol. The van der Waals surface area contributed by atoms with Crippen molar-refractivity contribution >= 4 is 15.9 Å². The minimum atomic E-state index is -3.07. The molecule has 0 saturated carbocycles. The van der Waals surface area contributed by atoms with Crippen LogP contribution in [0.2, 0.25) is 0 Å². The van der Waals surface area contributed by atoms with Crippen LogP contribution >= 0.6 is 0 Å². The summed E-state index contributed by atoms with van der Waals surface area (Å²) in [6, 6.07) is 0. The van der Waals surface area contributed by atoms with Gasteiger partial charge in [-0.2, -0.15) is 0 Å². The highest BCUT2D eigenvalue weighted by atomic mass is 32.2. The van der Waals surface area contributed by atoms with E-state index in [2.05, 4.69) is 4.98 Å². The van der Waals surface area contributed by atoms with Gasteiger partial charge in [0.2, 0.25) is 10.0 Å². The zero-order valence-corrected chi connectivity index (χ0v) is 14.5. The van der Waals surface area contributed by atoms with Crippen LogP contribution in [0.4, 0.5) is 0 Å². The Morgan fingerprint density at radius 2 is 1.83 bits per heavy atom. The molecule has 0 aromatic carbocycles. The Labute approximate surface area is 137 Å². The van der Waals surface area contributed by atoms with Crippen molar-refractivity contribution in [2.75, 3.05) is 32.4 Å². The van der Waals surface area contributed by atoms with Gasteiger partial charge < -0.3 is 9.47 Å². The van der Waals surface area contributed by atoms with Gasteiger partial charge in [0.05, 0.1) is 18.8 Å². The largest absolute Gasteiger partial charge is 0.337 e. The number of imidazole rings is 1. The number of rotatable bonds is 3. The average molecular weight is 340 g/mol. The van der Waals surface area contributed by atoms with Crippen molar-refractivity contribution in [2.45, 2.75) is 19.3 Å². The number of nitrogens with zero attached hydrogens (tertiary/aromatic N) is 4. The minimum absolute atomic E-state index is 0.0427. The van der Waals surface area contributed by atoms with Crippen molar-refractivity contribution in [1.82, 2.24) is 18.8 Å². The number of hydrogen-bond donors (Lipinski definition) is 0. The molecule has 1 aromatic heterocycles. The second-order valence-electron chi connectivity index (χ2n) is 6.69. The molecule has 2 saturated heterocycles. The summed E-state index contributed by atoms with van der Waals surface area (Å²) in [5, 5.41) is 0. The maximum atomic E-state index is 12.5. The van der Waals surface area contributed by atoms with Crippen LogP contribution in [-0.2, 0) is 17.1 Å². The van der Waals surface area contributed by atoms with Crippen LogP contribution < -0.4 is 0 Å². The van der Waals surface area contributed by atoms with Crippen LogP contribution in [0.1, 0.15) is 29.8 Å². The van der Waals surface area contributed by atoms with Gasteiger partial charge in [-0.25, -0.2) is 17.7 Å².